The van der Waals surface area contributed by atoms with E-state index in [-0.39, 0.29) is 31.9 Å². The maximum absolute atomic E-state index is 13.0. The van der Waals surface area contributed by atoms with Crippen LogP contribution in [0.5, 0.6) is 0 Å². The van der Waals surface area contributed by atoms with E-state index in [1.807, 2.05) is 44.2 Å². The molecular weight excluding hydrogens is 402 g/mol. The molecule has 1 rings (SSSR count). The quantitative estimate of drug-likeness (QED) is 0.238. The molecule has 0 heterocycles. The lowest BCUT2D eigenvalue weighted by atomic mass is 10.0. The minimum atomic E-state index is -0.909. The maximum Gasteiger partial charge on any atom is 0.328 e. The van der Waals surface area contributed by atoms with Gasteiger partial charge in [0.1, 0.15) is 18.4 Å². The second-order valence-corrected chi connectivity index (χ2v) is 7.60. The number of hydrogen-bond acceptors (Lipinski definition) is 7. The molecule has 0 spiro atoms. The van der Waals surface area contributed by atoms with Gasteiger partial charge in [0.15, 0.2) is 0 Å². The van der Waals surface area contributed by atoms with Crippen LogP contribution in [-0.2, 0) is 30.3 Å². The first kappa shape index (κ1) is 26.3. The molecule has 0 radical (unpaired) electrons. The third kappa shape index (κ3) is 9.71. The van der Waals surface area contributed by atoms with Crippen LogP contribution in [0.4, 0.5) is 0 Å². The molecule has 0 aliphatic rings. The van der Waals surface area contributed by atoms with Gasteiger partial charge in [0.25, 0.3) is 0 Å². The second kappa shape index (κ2) is 14.3. The van der Waals surface area contributed by atoms with E-state index in [1.165, 1.54) is 7.11 Å². The minimum absolute atomic E-state index is 0.0549. The fourth-order valence-electron chi connectivity index (χ4n) is 3.08. The highest BCUT2D eigenvalue weighted by atomic mass is 16.5. The predicted molar refractivity (Wildman–Crippen MR) is 115 cm³/mol. The van der Waals surface area contributed by atoms with Gasteiger partial charge in [0, 0.05) is 13.0 Å². The topological polar surface area (TPSA) is 134 Å². The third-order valence-corrected chi connectivity index (χ3v) is 4.61. The van der Waals surface area contributed by atoms with Crippen LogP contribution >= 0.6 is 0 Å². The summed E-state index contributed by atoms with van der Waals surface area (Å²) in [6.07, 6.45) is 1.29. The zero-order chi connectivity index (χ0) is 23.2. The molecule has 1 aromatic rings. The fraction of sp³-hybridized carbons (Fsp3) is 0.545. The summed E-state index contributed by atoms with van der Waals surface area (Å²) >= 11 is 0. The number of rotatable bonds is 14. The van der Waals surface area contributed by atoms with Crippen molar-refractivity contribution in [2.45, 2.75) is 51.2 Å². The lowest BCUT2D eigenvalue weighted by molar-refractivity contribution is -0.145. The number of aliphatic hydroxyl groups excluding tert-OH is 1. The van der Waals surface area contributed by atoms with Crippen molar-refractivity contribution in [1.82, 2.24) is 16.0 Å². The van der Waals surface area contributed by atoms with E-state index in [4.69, 9.17) is 4.74 Å². The average Bonchev–Trinajstić information content (AvgIpc) is 2.75. The van der Waals surface area contributed by atoms with Crippen LogP contribution in [0.2, 0.25) is 0 Å². The molecule has 0 aliphatic heterocycles. The largest absolute Gasteiger partial charge is 0.467 e. The van der Waals surface area contributed by atoms with Crippen LogP contribution in [0.25, 0.3) is 0 Å². The smallest absolute Gasteiger partial charge is 0.328 e. The van der Waals surface area contributed by atoms with Crippen LogP contribution in [0, 0.1) is 5.92 Å². The Labute approximate surface area is 182 Å². The number of amides is 2. The molecular formula is C22H33N3O6. The van der Waals surface area contributed by atoms with Crippen molar-refractivity contribution < 1.29 is 29.0 Å². The normalized spacial score (nSPS) is 13.7. The van der Waals surface area contributed by atoms with Crippen molar-refractivity contribution in [3.63, 3.8) is 0 Å². The highest BCUT2D eigenvalue weighted by molar-refractivity contribution is 5.92. The standard InChI is InChI=1S/C22H33N3O6/c1-15(2)13-18(24-20(28)17(9-11-26)23-10-12-27)21(29)25-19(22(30)31-3)14-16-7-5-4-6-8-16/h4-8,12,15,17-19,23,26H,9-11,13-14H2,1-3H3,(H,24,28)(H,25,29). The van der Waals surface area contributed by atoms with Gasteiger partial charge in [-0.3, -0.25) is 14.9 Å². The molecule has 0 bridgehead atoms. The number of esters is 1. The number of aliphatic hydroxyl groups is 1. The summed E-state index contributed by atoms with van der Waals surface area (Å²) in [6.45, 7) is 3.50. The van der Waals surface area contributed by atoms with Gasteiger partial charge in [-0.25, -0.2) is 4.79 Å². The van der Waals surface area contributed by atoms with E-state index < -0.39 is 35.9 Å². The Hall–Kier alpha value is -2.78. The van der Waals surface area contributed by atoms with Crippen LogP contribution in [0.1, 0.15) is 32.3 Å². The lowest BCUT2D eigenvalue weighted by Crippen LogP contribution is -2.56. The molecule has 0 saturated carbocycles. The van der Waals surface area contributed by atoms with Gasteiger partial charge in [-0.15, -0.1) is 0 Å². The summed E-state index contributed by atoms with van der Waals surface area (Å²) in [5.41, 5.74) is 0.851. The molecule has 0 fully saturated rings. The number of carbonyl (C=O) groups excluding carboxylic acids is 4. The van der Waals surface area contributed by atoms with E-state index in [1.54, 1.807) is 0 Å². The van der Waals surface area contributed by atoms with Crippen LogP contribution in [0.3, 0.4) is 0 Å². The van der Waals surface area contributed by atoms with Crippen molar-refractivity contribution in [1.29, 1.82) is 0 Å². The molecule has 0 saturated heterocycles. The highest BCUT2D eigenvalue weighted by Crippen LogP contribution is 2.09. The molecule has 0 aliphatic carbocycles. The van der Waals surface area contributed by atoms with Crippen molar-refractivity contribution in [3.05, 3.63) is 35.9 Å². The van der Waals surface area contributed by atoms with E-state index in [2.05, 4.69) is 16.0 Å². The molecule has 1 aromatic carbocycles. The summed E-state index contributed by atoms with van der Waals surface area (Å²) in [5.74, 6) is -1.51. The fourth-order valence-corrected chi connectivity index (χ4v) is 3.08. The van der Waals surface area contributed by atoms with Crippen molar-refractivity contribution in [3.8, 4) is 0 Å². The Morgan fingerprint density at radius 1 is 1.03 bits per heavy atom. The summed E-state index contributed by atoms with van der Waals surface area (Å²) in [6, 6.07) is 6.58. The monoisotopic (exact) mass is 435 g/mol. The summed E-state index contributed by atoms with van der Waals surface area (Å²) in [4.78, 5) is 48.4. The zero-order valence-electron chi connectivity index (χ0n) is 18.3. The van der Waals surface area contributed by atoms with E-state index in [0.717, 1.165) is 5.56 Å². The summed E-state index contributed by atoms with van der Waals surface area (Å²) in [7, 11) is 1.25. The molecule has 9 nitrogen and oxygen atoms in total. The van der Waals surface area contributed by atoms with Gasteiger partial charge < -0.3 is 25.3 Å². The average molecular weight is 436 g/mol. The number of ether oxygens (including phenoxy) is 1. The van der Waals surface area contributed by atoms with E-state index >= 15 is 0 Å². The molecule has 3 atom stereocenters. The van der Waals surface area contributed by atoms with Gasteiger partial charge in [-0.1, -0.05) is 44.2 Å². The van der Waals surface area contributed by atoms with Crippen LogP contribution in [0.15, 0.2) is 30.3 Å². The highest BCUT2D eigenvalue weighted by Gasteiger charge is 2.29. The summed E-state index contributed by atoms with van der Waals surface area (Å²) in [5, 5.41) is 17.3. The first-order valence-electron chi connectivity index (χ1n) is 10.3. The van der Waals surface area contributed by atoms with Crippen molar-refractivity contribution in [2.24, 2.45) is 5.92 Å². The first-order chi connectivity index (χ1) is 14.8. The Balaban J connectivity index is 2.93. The van der Waals surface area contributed by atoms with Gasteiger partial charge in [0.05, 0.1) is 19.7 Å². The molecule has 0 aromatic heterocycles. The first-order valence-corrected chi connectivity index (χ1v) is 10.3. The predicted octanol–water partition coefficient (Wildman–Crippen LogP) is -0.0427. The van der Waals surface area contributed by atoms with Crippen LogP contribution in [-0.4, -0.2) is 67.6 Å². The lowest BCUT2D eigenvalue weighted by Gasteiger charge is -2.25. The molecule has 4 N–H and O–H groups in total. The van der Waals surface area contributed by atoms with E-state index in [0.29, 0.717) is 12.7 Å². The van der Waals surface area contributed by atoms with Gasteiger partial charge >= 0.3 is 5.97 Å². The number of benzene rings is 1. The minimum Gasteiger partial charge on any atom is -0.467 e. The van der Waals surface area contributed by atoms with E-state index in [9.17, 15) is 24.3 Å². The molecule has 3 unspecified atom stereocenters. The molecule has 2 amide bonds. The van der Waals surface area contributed by atoms with Crippen LogP contribution < -0.4 is 16.0 Å². The maximum atomic E-state index is 13.0. The number of aldehydes is 1. The Morgan fingerprint density at radius 3 is 2.19 bits per heavy atom. The van der Waals surface area contributed by atoms with Gasteiger partial charge in [0.2, 0.25) is 11.8 Å². The number of nitrogens with one attached hydrogen (secondary N) is 3. The molecule has 9 heteroatoms. The molecule has 31 heavy (non-hydrogen) atoms. The Morgan fingerprint density at radius 2 is 1.65 bits per heavy atom. The summed E-state index contributed by atoms with van der Waals surface area (Å²) < 4.78 is 4.83. The number of methoxy groups -OCH3 is 1. The Kier molecular flexibility index (Phi) is 12.1. The SMILES string of the molecule is COC(=O)C(Cc1ccccc1)NC(=O)C(CC(C)C)NC(=O)C(CCO)NCC=O. The van der Waals surface area contributed by atoms with Gasteiger partial charge in [-0.05, 0) is 24.3 Å². The van der Waals surface area contributed by atoms with Crippen molar-refractivity contribution >= 4 is 24.1 Å². The number of carbonyl (C=O) groups is 4. The van der Waals surface area contributed by atoms with Crippen molar-refractivity contribution in [2.75, 3.05) is 20.3 Å². The molecule has 172 valence electrons. The Bertz CT molecular complexity index is 710. The number of hydrogen-bond donors (Lipinski definition) is 4. The second-order valence-electron chi connectivity index (χ2n) is 7.60. The van der Waals surface area contributed by atoms with Gasteiger partial charge in [-0.2, -0.15) is 0 Å². The third-order valence-electron chi connectivity index (χ3n) is 4.61. The zero-order valence-corrected chi connectivity index (χ0v) is 18.3.